The number of esters is 2. The number of carbonyl (C=O) groups excluding carboxylic acids is 3. The summed E-state index contributed by atoms with van der Waals surface area (Å²) in [5.41, 5.74) is -0.345. The minimum absolute atomic E-state index is 0.0768. The van der Waals surface area contributed by atoms with Crippen molar-refractivity contribution in [2.24, 2.45) is 0 Å². The second kappa shape index (κ2) is 9.66. The van der Waals surface area contributed by atoms with Crippen LogP contribution in [-0.4, -0.2) is 86.6 Å². The predicted molar refractivity (Wildman–Crippen MR) is 141 cm³/mol. The lowest BCUT2D eigenvalue weighted by Gasteiger charge is -2.61. The number of ketones is 1. The molecule has 2 aromatic rings. The molecule has 7 atom stereocenters. The number of hydrogen-bond acceptors (Lipinski definition) is 11. The molecule has 2 heterocycles. The Labute approximate surface area is 235 Å². The zero-order chi connectivity index (χ0) is 29.3. The van der Waals surface area contributed by atoms with Gasteiger partial charge in [0.15, 0.2) is 29.5 Å². The molecule has 11 nitrogen and oxygen atoms in total. The number of aliphatic hydroxyl groups excluding tert-OH is 2. The first-order chi connectivity index (χ1) is 19.5. The van der Waals surface area contributed by atoms with Gasteiger partial charge < -0.3 is 39.5 Å². The number of rotatable bonds is 7. The van der Waals surface area contributed by atoms with Gasteiger partial charge in [0, 0.05) is 23.6 Å². The van der Waals surface area contributed by atoms with E-state index >= 15 is 0 Å². The number of aliphatic hydroxyl groups is 3. The third-order valence-corrected chi connectivity index (χ3v) is 9.08. The van der Waals surface area contributed by atoms with Gasteiger partial charge in [-0.3, -0.25) is 4.79 Å². The number of ether oxygens (including phenoxy) is 3. The number of carbonyl (C=O) groups is 3. The smallest absolute Gasteiger partial charge is 0.357 e. The van der Waals surface area contributed by atoms with E-state index in [1.807, 2.05) is 13.1 Å². The van der Waals surface area contributed by atoms with E-state index in [9.17, 15) is 34.8 Å². The first-order valence-electron chi connectivity index (χ1n) is 13.5. The average Bonchev–Trinajstić information content (AvgIpc) is 3.32. The second-order valence-corrected chi connectivity index (χ2v) is 11.3. The molecule has 0 radical (unpaired) electrons. The van der Waals surface area contributed by atoms with Gasteiger partial charge in [-0.05, 0) is 51.1 Å². The fraction of sp³-hybridized carbons (Fsp3) is 0.433. The number of Topliss-reactive ketones (excluding diaryl/α,β-unsaturated/α-hetero) is 1. The van der Waals surface area contributed by atoms with Crippen LogP contribution in [0.3, 0.4) is 0 Å². The van der Waals surface area contributed by atoms with Gasteiger partial charge in [0.2, 0.25) is 6.10 Å². The summed E-state index contributed by atoms with van der Waals surface area (Å²) in [5, 5.41) is 42.9. The van der Waals surface area contributed by atoms with Crippen molar-refractivity contribution in [3.05, 3.63) is 71.0 Å². The van der Waals surface area contributed by atoms with Crippen molar-refractivity contribution in [1.29, 1.82) is 0 Å². The Bertz CT molecular complexity index is 1460. The number of likely N-dealkylation sites (tertiary alicyclic amines) is 1. The lowest BCUT2D eigenvalue weighted by Crippen LogP contribution is -2.74. The Balaban J connectivity index is 1.35. The maximum Gasteiger partial charge on any atom is 0.357 e. The van der Waals surface area contributed by atoms with Crippen molar-refractivity contribution in [3.8, 4) is 11.5 Å². The van der Waals surface area contributed by atoms with Crippen LogP contribution in [0, 0.1) is 0 Å². The number of phenolic OH excluding ortho intramolecular Hbond substituents is 1. The molecular weight excluding hydrogens is 534 g/mol. The fourth-order valence-electron chi connectivity index (χ4n) is 7.02. The highest BCUT2D eigenvalue weighted by Gasteiger charge is 2.72. The van der Waals surface area contributed by atoms with Crippen LogP contribution in [0.25, 0.3) is 0 Å². The summed E-state index contributed by atoms with van der Waals surface area (Å²) in [5.74, 6) is -2.96. The molecule has 1 fully saturated rings. The summed E-state index contributed by atoms with van der Waals surface area (Å²) in [6.45, 7) is 1.64. The first kappa shape index (κ1) is 27.4. The van der Waals surface area contributed by atoms with Crippen molar-refractivity contribution in [1.82, 2.24) is 4.90 Å². The predicted octanol–water partition coefficient (Wildman–Crippen LogP) is 0.808. The molecule has 2 bridgehead atoms. The number of phenols is 1. The summed E-state index contributed by atoms with van der Waals surface area (Å²) >= 11 is 0. The Morgan fingerprint density at radius 2 is 1.80 bits per heavy atom. The van der Waals surface area contributed by atoms with Gasteiger partial charge >= 0.3 is 11.9 Å². The van der Waals surface area contributed by atoms with Crippen LogP contribution in [0.5, 0.6) is 11.5 Å². The van der Waals surface area contributed by atoms with E-state index in [1.165, 1.54) is 12.1 Å². The SMILES string of the molecule is CC(=O)[C@H](O)[C@@H](O)C(=O)O[C@H](C(=O)OC1=CC[C@@]2(O)[C@H]3Cc4ccc(O)c5c4[C@@]2(CCN3C)[C@H]1O5)c1ccccc1. The van der Waals surface area contributed by atoms with Gasteiger partial charge in [-0.25, -0.2) is 9.59 Å². The molecule has 216 valence electrons. The maximum absolute atomic E-state index is 13.6. The second-order valence-electron chi connectivity index (χ2n) is 11.3. The highest BCUT2D eigenvalue weighted by molar-refractivity contribution is 5.89. The molecule has 0 amide bonds. The molecule has 4 aliphatic rings. The van der Waals surface area contributed by atoms with Crippen LogP contribution in [0.4, 0.5) is 0 Å². The van der Waals surface area contributed by atoms with Gasteiger partial charge in [0.1, 0.15) is 11.9 Å². The Morgan fingerprint density at radius 3 is 2.51 bits per heavy atom. The molecule has 11 heteroatoms. The van der Waals surface area contributed by atoms with E-state index in [1.54, 1.807) is 30.3 Å². The maximum atomic E-state index is 13.6. The summed E-state index contributed by atoms with van der Waals surface area (Å²) in [7, 11) is 1.96. The summed E-state index contributed by atoms with van der Waals surface area (Å²) in [6, 6.07) is 11.1. The van der Waals surface area contributed by atoms with E-state index in [0.717, 1.165) is 18.1 Å². The zero-order valence-corrected chi connectivity index (χ0v) is 22.5. The van der Waals surface area contributed by atoms with Crippen LogP contribution in [0.1, 0.15) is 42.6 Å². The lowest BCUT2D eigenvalue weighted by atomic mass is 9.50. The molecule has 1 spiro atoms. The minimum Gasteiger partial charge on any atom is -0.504 e. The third kappa shape index (κ3) is 3.91. The number of nitrogens with zero attached hydrogens (tertiary/aromatic N) is 1. The molecule has 41 heavy (non-hydrogen) atoms. The molecule has 0 aromatic heterocycles. The lowest BCUT2D eigenvalue weighted by molar-refractivity contribution is -0.181. The van der Waals surface area contributed by atoms with E-state index in [4.69, 9.17) is 14.2 Å². The highest BCUT2D eigenvalue weighted by atomic mass is 16.6. The quantitative estimate of drug-likeness (QED) is 0.351. The zero-order valence-electron chi connectivity index (χ0n) is 22.5. The molecule has 2 aliphatic heterocycles. The van der Waals surface area contributed by atoms with Crippen LogP contribution >= 0.6 is 0 Å². The number of aromatic hydroxyl groups is 1. The van der Waals surface area contributed by atoms with Crippen molar-refractivity contribution >= 4 is 17.7 Å². The van der Waals surface area contributed by atoms with E-state index in [0.29, 0.717) is 19.4 Å². The van der Waals surface area contributed by atoms with Gasteiger partial charge in [0.25, 0.3) is 0 Å². The molecule has 4 N–H and O–H groups in total. The largest absolute Gasteiger partial charge is 0.504 e. The van der Waals surface area contributed by atoms with Crippen molar-refractivity contribution in [3.63, 3.8) is 0 Å². The van der Waals surface area contributed by atoms with E-state index in [2.05, 4.69) is 4.90 Å². The van der Waals surface area contributed by atoms with Gasteiger partial charge in [-0.1, -0.05) is 36.4 Å². The number of hydrogen-bond donors (Lipinski definition) is 4. The van der Waals surface area contributed by atoms with Gasteiger partial charge in [0.05, 0.1) is 11.0 Å². The molecule has 2 aliphatic carbocycles. The highest BCUT2D eigenvalue weighted by Crippen LogP contribution is 2.65. The molecular formula is C30H31NO10. The summed E-state index contributed by atoms with van der Waals surface area (Å²) in [6.07, 6.45) is -4.03. The Kier molecular flexibility index (Phi) is 6.46. The Hall–Kier alpha value is -3.77. The molecule has 0 unspecified atom stereocenters. The van der Waals surface area contributed by atoms with Crippen molar-refractivity contribution in [2.45, 2.75) is 67.7 Å². The molecule has 6 rings (SSSR count). The van der Waals surface area contributed by atoms with Crippen LogP contribution in [-0.2, 0) is 35.7 Å². The molecule has 2 aromatic carbocycles. The fourth-order valence-corrected chi connectivity index (χ4v) is 7.02. The monoisotopic (exact) mass is 565 g/mol. The minimum atomic E-state index is -2.21. The Morgan fingerprint density at radius 1 is 1.07 bits per heavy atom. The topological polar surface area (TPSA) is 163 Å². The first-order valence-corrected chi connectivity index (χ1v) is 13.5. The van der Waals surface area contributed by atoms with Crippen molar-refractivity contribution in [2.75, 3.05) is 13.6 Å². The standard InChI is InChI=1S/C30H31NO10/c1-15(32)22(34)23(35)27(36)41-24(16-6-4-3-5-7-16)28(37)39-19-10-11-30(38)20-14-17-8-9-18(33)25-21(17)29(30,26(19)40-25)12-13-31(20)2/h3-10,20,22-24,26,33-35,38H,11-14H2,1-2H3/t20-,22+,23-,24+,26+,29+,30-/m1/s1. The average molecular weight is 566 g/mol. The molecule has 1 saturated heterocycles. The molecule has 0 saturated carbocycles. The van der Waals surface area contributed by atoms with Crippen LogP contribution in [0.15, 0.2) is 54.3 Å². The number of piperidine rings is 1. The summed E-state index contributed by atoms with van der Waals surface area (Å²) < 4.78 is 17.4. The van der Waals surface area contributed by atoms with Gasteiger partial charge in [-0.15, -0.1) is 0 Å². The number of likely N-dealkylation sites (N-methyl/N-ethyl adjacent to an activating group) is 1. The van der Waals surface area contributed by atoms with Gasteiger partial charge in [-0.2, -0.15) is 0 Å². The van der Waals surface area contributed by atoms with E-state index < -0.39 is 53.2 Å². The normalized spacial score (nSPS) is 29.7. The third-order valence-electron chi connectivity index (χ3n) is 9.08. The van der Waals surface area contributed by atoms with Crippen LogP contribution in [0.2, 0.25) is 0 Å². The number of benzene rings is 2. The van der Waals surface area contributed by atoms with Crippen molar-refractivity contribution < 1.29 is 49.0 Å². The van der Waals surface area contributed by atoms with E-state index in [-0.39, 0.29) is 35.3 Å². The van der Waals surface area contributed by atoms with Crippen LogP contribution < -0.4 is 4.74 Å². The summed E-state index contributed by atoms with van der Waals surface area (Å²) in [4.78, 5) is 39.9.